The minimum atomic E-state index is -2.81. The number of nitrogens with one attached hydrogen (secondary N) is 3. The van der Waals surface area contributed by atoms with Crippen molar-refractivity contribution in [1.29, 1.82) is 0 Å². The third kappa shape index (κ3) is 4.59. The lowest BCUT2D eigenvalue weighted by Crippen LogP contribution is -2.67. The van der Waals surface area contributed by atoms with Gasteiger partial charge in [0.15, 0.2) is 6.73 Å². The molecule has 3 N–H and O–H groups in total. The second-order valence-corrected chi connectivity index (χ2v) is 11.2. The molecule has 11 nitrogen and oxygen atoms in total. The number of quaternary nitrogens is 1. The van der Waals surface area contributed by atoms with Crippen molar-refractivity contribution in [3.05, 3.63) is 58.4 Å². The summed E-state index contributed by atoms with van der Waals surface area (Å²) in [6, 6.07) is 9.98. The number of fused-ring (bicyclic) bond motifs is 3. The van der Waals surface area contributed by atoms with Gasteiger partial charge in [-0.3, -0.25) is 14.4 Å². The maximum atomic E-state index is 12.9. The first-order valence-corrected chi connectivity index (χ1v) is 13.8. The SMILES string of the molecule is CC1=C2NOC(Nc3cc(C)c(C)c(C)c3)(N=C1)[N+]2(CO[PH](=O)OCCN(C)C)c1ccc2c(c1)NCO2. The molecule has 0 amide bonds. The van der Waals surface area contributed by atoms with Crippen LogP contribution in [0.3, 0.4) is 0 Å². The number of aliphatic imine (C=N–C) groups is 1. The second kappa shape index (κ2) is 10.3. The Hall–Kier alpha value is -2.92. The molecule has 12 heteroatoms. The van der Waals surface area contributed by atoms with Gasteiger partial charge >= 0.3 is 14.2 Å². The van der Waals surface area contributed by atoms with Crippen LogP contribution in [0.15, 0.2) is 46.7 Å². The van der Waals surface area contributed by atoms with Gasteiger partial charge in [0.25, 0.3) is 0 Å². The summed E-state index contributed by atoms with van der Waals surface area (Å²) in [5.74, 6) is 0.0882. The van der Waals surface area contributed by atoms with Gasteiger partial charge in [-0.2, -0.15) is 14.3 Å². The summed E-state index contributed by atoms with van der Waals surface area (Å²) < 4.78 is 29.9. The van der Waals surface area contributed by atoms with Gasteiger partial charge in [0.1, 0.15) is 11.4 Å². The standard InChI is InChI=1S/C26H36N6O5P/c1-17-11-21(12-18(2)20(17)4)29-26-28-14-19(3)25(30-37-26)32(26,16-36-38(33)35-10-9-31(5)6)22-7-8-24-23(13-22)27-15-34-24/h7-8,11-14,27,29-30,38H,9-10,15-16H2,1-6H3/q+1. The Morgan fingerprint density at radius 3 is 2.66 bits per heavy atom. The molecule has 5 rings (SSSR count). The molecule has 3 unspecified atom stereocenters. The number of hydrogen-bond acceptors (Lipinski definition) is 10. The number of hydroxylamine groups is 1. The van der Waals surface area contributed by atoms with Crippen LogP contribution in [0, 0.1) is 20.8 Å². The summed E-state index contributed by atoms with van der Waals surface area (Å²) in [5, 5.41) is 6.79. The van der Waals surface area contributed by atoms with Gasteiger partial charge < -0.3 is 19.5 Å². The lowest BCUT2D eigenvalue weighted by molar-refractivity contribution is -0.0955. The van der Waals surface area contributed by atoms with Crippen LogP contribution in [0.2, 0.25) is 0 Å². The largest absolute Gasteiger partial charge is 0.471 e. The van der Waals surface area contributed by atoms with Crippen LogP contribution in [-0.2, 0) is 18.5 Å². The van der Waals surface area contributed by atoms with Crippen LogP contribution in [0.1, 0.15) is 23.6 Å². The molecule has 3 aliphatic heterocycles. The molecule has 2 aromatic carbocycles. The van der Waals surface area contributed by atoms with Gasteiger partial charge in [0.2, 0.25) is 12.6 Å². The Morgan fingerprint density at radius 1 is 1.16 bits per heavy atom. The molecule has 0 saturated carbocycles. The molecule has 3 aliphatic rings. The molecule has 2 aromatic rings. The van der Waals surface area contributed by atoms with Gasteiger partial charge in [-0.1, -0.05) is 0 Å². The van der Waals surface area contributed by atoms with Crippen LogP contribution in [0.5, 0.6) is 5.75 Å². The molecule has 2 bridgehead atoms. The molecule has 204 valence electrons. The number of benzene rings is 2. The highest BCUT2D eigenvalue weighted by atomic mass is 31.1. The highest BCUT2D eigenvalue weighted by molar-refractivity contribution is 7.33. The van der Waals surface area contributed by atoms with Crippen molar-refractivity contribution in [2.45, 2.75) is 33.7 Å². The maximum absolute atomic E-state index is 12.9. The molecule has 0 spiro atoms. The first-order valence-electron chi connectivity index (χ1n) is 12.6. The van der Waals surface area contributed by atoms with Crippen molar-refractivity contribution < 1.29 is 23.2 Å². The Balaban J connectivity index is 1.58. The molecule has 0 aromatic heterocycles. The van der Waals surface area contributed by atoms with E-state index < -0.39 is 14.2 Å². The van der Waals surface area contributed by atoms with Crippen molar-refractivity contribution >= 4 is 31.5 Å². The van der Waals surface area contributed by atoms with E-state index in [-0.39, 0.29) is 11.2 Å². The minimum Gasteiger partial charge on any atom is -0.471 e. The highest BCUT2D eigenvalue weighted by Crippen LogP contribution is 2.49. The zero-order chi connectivity index (χ0) is 27.1. The fraction of sp³-hybridized carbons (Fsp3) is 0.423. The van der Waals surface area contributed by atoms with E-state index in [0.717, 1.165) is 45.3 Å². The summed E-state index contributed by atoms with van der Waals surface area (Å²) in [6.07, 6.45) is 1.78. The average Bonchev–Trinajstić information content (AvgIpc) is 3.42. The predicted molar refractivity (Wildman–Crippen MR) is 149 cm³/mol. The molecule has 0 aliphatic carbocycles. The number of allylic oxidation sites excluding steroid dienone is 1. The molecular formula is C26H36N6O5P+. The normalized spacial score (nSPS) is 24.2. The van der Waals surface area contributed by atoms with E-state index >= 15 is 0 Å². The molecule has 0 radical (unpaired) electrons. The number of rotatable bonds is 10. The predicted octanol–water partition coefficient (Wildman–Crippen LogP) is 4.20. The summed E-state index contributed by atoms with van der Waals surface area (Å²) in [7, 11) is 1.05. The van der Waals surface area contributed by atoms with Gasteiger partial charge in [-0.15, -0.1) is 0 Å². The van der Waals surface area contributed by atoms with Crippen LogP contribution in [-0.4, -0.2) is 57.8 Å². The van der Waals surface area contributed by atoms with Crippen LogP contribution in [0.4, 0.5) is 17.1 Å². The third-order valence-corrected chi connectivity index (χ3v) is 8.06. The number of hydrogen-bond donors (Lipinski definition) is 3. The molecule has 3 heterocycles. The van der Waals surface area contributed by atoms with Gasteiger partial charge in [0.05, 0.1) is 12.3 Å². The van der Waals surface area contributed by atoms with Crippen LogP contribution >= 0.6 is 8.25 Å². The lowest BCUT2D eigenvalue weighted by atomic mass is 10.0. The topological polar surface area (TPSA) is 106 Å². The number of anilines is 2. The maximum Gasteiger partial charge on any atom is 0.426 e. The van der Waals surface area contributed by atoms with E-state index in [1.807, 2.05) is 44.1 Å². The summed E-state index contributed by atoms with van der Waals surface area (Å²) >= 11 is 0. The summed E-state index contributed by atoms with van der Waals surface area (Å²) in [4.78, 5) is 13.1. The van der Waals surface area contributed by atoms with Crippen molar-refractivity contribution in [3.8, 4) is 5.75 Å². The molecule has 3 atom stereocenters. The number of likely N-dealkylation sites (N-methyl/N-ethyl adjacent to an activating group) is 1. The molecule has 1 fully saturated rings. The van der Waals surface area contributed by atoms with Crippen molar-refractivity contribution in [2.24, 2.45) is 4.99 Å². The van der Waals surface area contributed by atoms with Crippen molar-refractivity contribution in [2.75, 3.05) is 51.3 Å². The van der Waals surface area contributed by atoms with E-state index in [4.69, 9.17) is 23.6 Å². The van der Waals surface area contributed by atoms with Gasteiger partial charge in [0, 0.05) is 36.2 Å². The molecular weight excluding hydrogens is 507 g/mol. The first-order chi connectivity index (χ1) is 18.1. The summed E-state index contributed by atoms with van der Waals surface area (Å²) in [5.41, 5.74) is 9.97. The van der Waals surface area contributed by atoms with Crippen LogP contribution < -0.4 is 25.3 Å². The van der Waals surface area contributed by atoms with Crippen molar-refractivity contribution in [1.82, 2.24) is 14.9 Å². The highest BCUT2D eigenvalue weighted by Gasteiger charge is 2.66. The third-order valence-electron chi connectivity index (χ3n) is 7.26. The summed E-state index contributed by atoms with van der Waals surface area (Å²) in [6.45, 7) is 9.46. The Bertz CT molecular complexity index is 1310. The molecule has 38 heavy (non-hydrogen) atoms. The quantitative estimate of drug-likeness (QED) is 0.300. The van der Waals surface area contributed by atoms with Crippen molar-refractivity contribution in [3.63, 3.8) is 0 Å². The zero-order valence-electron chi connectivity index (χ0n) is 22.7. The molecule has 1 saturated heterocycles. The van der Waals surface area contributed by atoms with Gasteiger partial charge in [-0.05, 0) is 76.7 Å². The monoisotopic (exact) mass is 543 g/mol. The van der Waals surface area contributed by atoms with E-state index in [1.54, 1.807) is 6.21 Å². The Labute approximate surface area is 223 Å². The van der Waals surface area contributed by atoms with Gasteiger partial charge in [-0.25, -0.2) is 5.48 Å². The zero-order valence-corrected chi connectivity index (χ0v) is 23.7. The number of ether oxygens (including phenoxy) is 1. The lowest BCUT2D eigenvalue weighted by Gasteiger charge is -2.42. The fourth-order valence-corrected chi connectivity index (χ4v) is 5.51. The Morgan fingerprint density at radius 2 is 1.92 bits per heavy atom. The fourth-order valence-electron chi connectivity index (χ4n) is 4.87. The Kier molecular flexibility index (Phi) is 7.25. The second-order valence-electron chi connectivity index (χ2n) is 10.1. The number of aryl methyl sites for hydroxylation is 2. The first kappa shape index (κ1) is 26.7. The average molecular weight is 544 g/mol. The number of nitrogens with zero attached hydrogens (tertiary/aromatic N) is 3. The van der Waals surface area contributed by atoms with E-state index in [1.165, 1.54) is 5.56 Å². The van der Waals surface area contributed by atoms with E-state index in [9.17, 15) is 4.57 Å². The van der Waals surface area contributed by atoms with Crippen LogP contribution in [0.25, 0.3) is 0 Å². The van der Waals surface area contributed by atoms with E-state index in [2.05, 4.69) is 49.0 Å². The minimum absolute atomic E-state index is 0.0623. The van der Waals surface area contributed by atoms with E-state index in [0.29, 0.717) is 19.9 Å². The smallest absolute Gasteiger partial charge is 0.426 e.